The molecule has 0 aliphatic rings. The van der Waals surface area contributed by atoms with Gasteiger partial charge in [-0.1, -0.05) is 48.0 Å². The van der Waals surface area contributed by atoms with Crippen LogP contribution in [0.3, 0.4) is 0 Å². The van der Waals surface area contributed by atoms with Gasteiger partial charge in [-0.05, 0) is 23.8 Å². The largest absolute Gasteiger partial charge is 0.492 e. The highest BCUT2D eigenvalue weighted by Crippen LogP contribution is 2.14. The number of ether oxygens (including phenoxy) is 1. The minimum absolute atomic E-state index is 0.647. The Morgan fingerprint density at radius 1 is 0.944 bits per heavy atom. The van der Waals surface area contributed by atoms with E-state index in [0.717, 1.165) is 29.4 Å². The summed E-state index contributed by atoms with van der Waals surface area (Å²) >= 11 is 6.06. The predicted octanol–water partition coefficient (Wildman–Crippen LogP) is 3.51. The van der Waals surface area contributed by atoms with Crippen molar-refractivity contribution in [1.29, 1.82) is 0 Å². The number of para-hydroxylation sites is 1. The number of rotatable bonds is 6. The van der Waals surface area contributed by atoms with Gasteiger partial charge in [-0.15, -0.1) is 0 Å². The van der Waals surface area contributed by atoms with Crippen molar-refractivity contribution in [3.05, 3.63) is 65.2 Å². The maximum absolute atomic E-state index is 6.06. The fourth-order valence-electron chi connectivity index (χ4n) is 1.62. The van der Waals surface area contributed by atoms with E-state index in [2.05, 4.69) is 5.32 Å². The standard InChI is InChI=1S/C15H16ClNO/c16-15-9-5-4-6-13(15)12-17-10-11-18-14-7-2-1-3-8-14/h1-9,17H,10-12H2. The first-order valence-electron chi connectivity index (χ1n) is 5.98. The SMILES string of the molecule is Clc1ccccc1CNCCOc1ccccc1. The molecule has 0 aliphatic heterocycles. The van der Waals surface area contributed by atoms with E-state index in [-0.39, 0.29) is 0 Å². The Morgan fingerprint density at radius 2 is 1.67 bits per heavy atom. The molecule has 0 aromatic heterocycles. The Kier molecular flexibility index (Phi) is 5.06. The summed E-state index contributed by atoms with van der Waals surface area (Å²) in [6.07, 6.45) is 0. The summed E-state index contributed by atoms with van der Waals surface area (Å²) in [5, 5.41) is 4.10. The lowest BCUT2D eigenvalue weighted by atomic mass is 10.2. The van der Waals surface area contributed by atoms with Crippen LogP contribution in [0.25, 0.3) is 0 Å². The second-order valence-corrected chi connectivity index (χ2v) is 4.34. The molecule has 2 aromatic rings. The maximum Gasteiger partial charge on any atom is 0.119 e. The molecule has 0 radical (unpaired) electrons. The quantitative estimate of drug-likeness (QED) is 0.804. The smallest absolute Gasteiger partial charge is 0.119 e. The molecule has 0 saturated carbocycles. The molecule has 0 heterocycles. The van der Waals surface area contributed by atoms with E-state index in [0.29, 0.717) is 6.61 Å². The van der Waals surface area contributed by atoms with E-state index < -0.39 is 0 Å². The summed E-state index contributed by atoms with van der Waals surface area (Å²) in [6.45, 7) is 2.20. The lowest BCUT2D eigenvalue weighted by Gasteiger charge is -2.08. The molecule has 3 heteroatoms. The first-order valence-corrected chi connectivity index (χ1v) is 6.36. The van der Waals surface area contributed by atoms with E-state index >= 15 is 0 Å². The number of nitrogens with one attached hydrogen (secondary N) is 1. The fraction of sp³-hybridized carbons (Fsp3) is 0.200. The molecule has 0 bridgehead atoms. The minimum atomic E-state index is 0.647. The number of halogens is 1. The molecule has 2 rings (SSSR count). The second kappa shape index (κ2) is 7.04. The molecule has 2 aromatic carbocycles. The van der Waals surface area contributed by atoms with Gasteiger partial charge in [0.2, 0.25) is 0 Å². The van der Waals surface area contributed by atoms with Crippen molar-refractivity contribution in [3.63, 3.8) is 0 Å². The molecule has 0 aliphatic carbocycles. The topological polar surface area (TPSA) is 21.3 Å². The van der Waals surface area contributed by atoms with E-state index in [9.17, 15) is 0 Å². The van der Waals surface area contributed by atoms with Crippen molar-refractivity contribution in [2.24, 2.45) is 0 Å². The normalized spacial score (nSPS) is 10.3. The van der Waals surface area contributed by atoms with Gasteiger partial charge in [0, 0.05) is 18.1 Å². The summed E-state index contributed by atoms with van der Waals surface area (Å²) in [4.78, 5) is 0. The van der Waals surface area contributed by atoms with E-state index in [1.807, 2.05) is 54.6 Å². The summed E-state index contributed by atoms with van der Waals surface area (Å²) in [6, 6.07) is 17.7. The molecule has 18 heavy (non-hydrogen) atoms. The van der Waals surface area contributed by atoms with Crippen molar-refractivity contribution in [2.75, 3.05) is 13.2 Å². The Hall–Kier alpha value is -1.51. The van der Waals surface area contributed by atoms with E-state index in [1.165, 1.54) is 0 Å². The fourth-order valence-corrected chi connectivity index (χ4v) is 1.83. The molecule has 0 amide bonds. The first-order chi connectivity index (χ1) is 8.86. The van der Waals surface area contributed by atoms with Crippen LogP contribution in [-0.4, -0.2) is 13.2 Å². The molecule has 1 N–H and O–H groups in total. The van der Waals surface area contributed by atoms with Gasteiger partial charge in [0.1, 0.15) is 12.4 Å². The Labute approximate surface area is 113 Å². The Balaban J connectivity index is 1.66. The van der Waals surface area contributed by atoms with Crippen molar-refractivity contribution in [2.45, 2.75) is 6.54 Å². The summed E-state index contributed by atoms with van der Waals surface area (Å²) < 4.78 is 5.58. The summed E-state index contributed by atoms with van der Waals surface area (Å²) in [7, 11) is 0. The first kappa shape index (κ1) is 12.9. The van der Waals surface area contributed by atoms with Crippen LogP contribution in [0.2, 0.25) is 5.02 Å². The van der Waals surface area contributed by atoms with Crippen LogP contribution in [0.5, 0.6) is 5.75 Å². The van der Waals surface area contributed by atoms with Crippen LogP contribution < -0.4 is 10.1 Å². The molecule has 94 valence electrons. The van der Waals surface area contributed by atoms with Crippen LogP contribution in [0.1, 0.15) is 5.56 Å². The average Bonchev–Trinajstić information content (AvgIpc) is 2.42. The van der Waals surface area contributed by atoms with Gasteiger partial charge < -0.3 is 10.1 Å². The van der Waals surface area contributed by atoms with Crippen molar-refractivity contribution in [1.82, 2.24) is 5.32 Å². The van der Waals surface area contributed by atoms with Crippen molar-refractivity contribution >= 4 is 11.6 Å². The minimum Gasteiger partial charge on any atom is -0.492 e. The third-order valence-corrected chi connectivity index (χ3v) is 2.93. The molecule has 0 fully saturated rings. The number of benzene rings is 2. The van der Waals surface area contributed by atoms with Crippen LogP contribution in [0.4, 0.5) is 0 Å². The van der Waals surface area contributed by atoms with Gasteiger partial charge in [0.15, 0.2) is 0 Å². The molecule has 0 spiro atoms. The van der Waals surface area contributed by atoms with Crippen LogP contribution in [-0.2, 0) is 6.54 Å². The van der Waals surface area contributed by atoms with E-state index in [4.69, 9.17) is 16.3 Å². The third-order valence-electron chi connectivity index (χ3n) is 2.56. The highest BCUT2D eigenvalue weighted by molar-refractivity contribution is 6.31. The maximum atomic E-state index is 6.06. The summed E-state index contributed by atoms with van der Waals surface area (Å²) in [5.74, 6) is 0.900. The highest BCUT2D eigenvalue weighted by Gasteiger charge is 1.97. The predicted molar refractivity (Wildman–Crippen MR) is 75.1 cm³/mol. The zero-order valence-corrected chi connectivity index (χ0v) is 10.9. The van der Waals surface area contributed by atoms with E-state index in [1.54, 1.807) is 0 Å². The van der Waals surface area contributed by atoms with Crippen LogP contribution >= 0.6 is 11.6 Å². The average molecular weight is 262 g/mol. The third kappa shape index (κ3) is 4.06. The Morgan fingerprint density at radius 3 is 2.44 bits per heavy atom. The van der Waals surface area contributed by atoms with Crippen LogP contribution in [0, 0.1) is 0 Å². The lowest BCUT2D eigenvalue weighted by Crippen LogP contribution is -2.20. The zero-order chi connectivity index (χ0) is 12.6. The second-order valence-electron chi connectivity index (χ2n) is 3.93. The molecule has 2 nitrogen and oxygen atoms in total. The molecular weight excluding hydrogens is 246 g/mol. The van der Waals surface area contributed by atoms with Gasteiger partial charge >= 0.3 is 0 Å². The van der Waals surface area contributed by atoms with Gasteiger partial charge in [-0.3, -0.25) is 0 Å². The monoisotopic (exact) mass is 261 g/mol. The van der Waals surface area contributed by atoms with Gasteiger partial charge in [0.25, 0.3) is 0 Å². The van der Waals surface area contributed by atoms with Crippen molar-refractivity contribution < 1.29 is 4.74 Å². The number of hydrogen-bond acceptors (Lipinski definition) is 2. The van der Waals surface area contributed by atoms with Crippen LogP contribution in [0.15, 0.2) is 54.6 Å². The number of hydrogen-bond donors (Lipinski definition) is 1. The van der Waals surface area contributed by atoms with Gasteiger partial charge in [-0.2, -0.15) is 0 Å². The van der Waals surface area contributed by atoms with Gasteiger partial charge in [-0.25, -0.2) is 0 Å². The zero-order valence-electron chi connectivity index (χ0n) is 10.1. The lowest BCUT2D eigenvalue weighted by molar-refractivity contribution is 0.313. The molecule has 0 unspecified atom stereocenters. The molecular formula is C15H16ClNO. The molecule has 0 saturated heterocycles. The summed E-state index contributed by atoms with van der Waals surface area (Å²) in [5.41, 5.74) is 1.11. The van der Waals surface area contributed by atoms with Crippen molar-refractivity contribution in [3.8, 4) is 5.75 Å². The molecule has 0 atom stereocenters. The van der Waals surface area contributed by atoms with Gasteiger partial charge in [0.05, 0.1) is 0 Å². The Bertz CT molecular complexity index is 473. The highest BCUT2D eigenvalue weighted by atomic mass is 35.5.